The second-order valence-electron chi connectivity index (χ2n) is 6.06. The van der Waals surface area contributed by atoms with Gasteiger partial charge in [-0.15, -0.1) is 5.10 Å². The van der Waals surface area contributed by atoms with Crippen molar-refractivity contribution in [2.75, 3.05) is 19.6 Å². The lowest BCUT2D eigenvalue weighted by molar-refractivity contribution is -0.131. The minimum atomic E-state index is -0.179. The summed E-state index contributed by atoms with van der Waals surface area (Å²) < 4.78 is 2.90. The number of carbonyl (C=O) groups excluding carboxylic acids is 2. The van der Waals surface area contributed by atoms with E-state index in [0.717, 1.165) is 0 Å². The van der Waals surface area contributed by atoms with Crippen molar-refractivity contribution >= 4 is 17.5 Å². The van der Waals surface area contributed by atoms with Crippen LogP contribution in [0.15, 0.2) is 29.2 Å². The van der Waals surface area contributed by atoms with Gasteiger partial charge < -0.3 is 10.2 Å². The molecule has 26 heavy (non-hydrogen) atoms. The van der Waals surface area contributed by atoms with Crippen molar-refractivity contribution in [2.45, 2.75) is 46.1 Å². The summed E-state index contributed by atoms with van der Waals surface area (Å²) in [7, 11) is 0. The normalized spacial score (nSPS) is 10.8. The molecule has 2 aromatic rings. The van der Waals surface area contributed by atoms with Crippen molar-refractivity contribution in [1.82, 2.24) is 24.4 Å². The van der Waals surface area contributed by atoms with E-state index >= 15 is 0 Å². The molecule has 0 aromatic carbocycles. The molecule has 0 saturated heterocycles. The predicted octanol–water partition coefficient (Wildman–Crippen LogP) is 1.04. The van der Waals surface area contributed by atoms with Gasteiger partial charge in [-0.3, -0.25) is 14.0 Å². The second kappa shape index (κ2) is 9.74. The van der Waals surface area contributed by atoms with Gasteiger partial charge in [-0.05, 0) is 38.8 Å². The van der Waals surface area contributed by atoms with Crippen molar-refractivity contribution in [3.8, 4) is 0 Å². The lowest BCUT2D eigenvalue weighted by Gasteiger charge is -2.18. The number of pyridine rings is 1. The third kappa shape index (κ3) is 5.18. The summed E-state index contributed by atoms with van der Waals surface area (Å²) >= 11 is 0. The van der Waals surface area contributed by atoms with Gasteiger partial charge in [0.05, 0.1) is 0 Å². The van der Waals surface area contributed by atoms with Gasteiger partial charge >= 0.3 is 5.69 Å². The van der Waals surface area contributed by atoms with Crippen LogP contribution in [0.4, 0.5) is 0 Å². The van der Waals surface area contributed by atoms with Gasteiger partial charge in [0.25, 0.3) is 0 Å². The molecule has 2 aromatic heterocycles. The molecular formula is C18H27N5O3. The van der Waals surface area contributed by atoms with Crippen molar-refractivity contribution in [1.29, 1.82) is 0 Å². The summed E-state index contributed by atoms with van der Waals surface area (Å²) in [4.78, 5) is 37.6. The molecule has 0 aliphatic rings. The van der Waals surface area contributed by atoms with Crippen molar-refractivity contribution in [3.05, 3.63) is 34.9 Å². The van der Waals surface area contributed by atoms with Gasteiger partial charge in [0, 0.05) is 45.2 Å². The van der Waals surface area contributed by atoms with Crippen molar-refractivity contribution < 1.29 is 9.59 Å². The molecule has 0 unspecified atom stereocenters. The van der Waals surface area contributed by atoms with E-state index in [4.69, 9.17) is 0 Å². The molecule has 2 amide bonds. The molecule has 0 atom stereocenters. The van der Waals surface area contributed by atoms with Gasteiger partial charge in [0.1, 0.15) is 0 Å². The van der Waals surface area contributed by atoms with Crippen LogP contribution in [0.25, 0.3) is 5.65 Å². The Balaban J connectivity index is 1.66. The van der Waals surface area contributed by atoms with Crippen LogP contribution in [-0.2, 0) is 16.1 Å². The number of nitrogens with zero attached hydrogens (tertiary/aromatic N) is 4. The van der Waals surface area contributed by atoms with Crippen LogP contribution in [0.1, 0.15) is 39.5 Å². The van der Waals surface area contributed by atoms with E-state index in [-0.39, 0.29) is 17.5 Å². The maximum atomic E-state index is 12.1. The van der Waals surface area contributed by atoms with Crippen molar-refractivity contribution in [2.24, 2.45) is 0 Å². The number of carbonyl (C=O) groups is 2. The zero-order valence-electron chi connectivity index (χ0n) is 15.5. The predicted molar refractivity (Wildman–Crippen MR) is 98.9 cm³/mol. The van der Waals surface area contributed by atoms with Crippen LogP contribution in [0.5, 0.6) is 0 Å². The van der Waals surface area contributed by atoms with Gasteiger partial charge in [0.2, 0.25) is 11.8 Å². The topological polar surface area (TPSA) is 88.7 Å². The Bertz CT molecular complexity index is 791. The average Bonchev–Trinajstić information content (AvgIpc) is 2.96. The highest BCUT2D eigenvalue weighted by atomic mass is 16.2. The quantitative estimate of drug-likeness (QED) is 0.641. The van der Waals surface area contributed by atoms with Crippen molar-refractivity contribution in [3.63, 3.8) is 0 Å². The van der Waals surface area contributed by atoms with Gasteiger partial charge in [-0.1, -0.05) is 6.07 Å². The monoisotopic (exact) mass is 361 g/mol. The smallest absolute Gasteiger partial charge is 0.350 e. The summed E-state index contributed by atoms with van der Waals surface area (Å²) in [6, 6.07) is 5.39. The summed E-state index contributed by atoms with van der Waals surface area (Å²) in [5.41, 5.74) is 0.432. The first kappa shape index (κ1) is 19.7. The van der Waals surface area contributed by atoms with Crippen LogP contribution in [-0.4, -0.2) is 50.5 Å². The van der Waals surface area contributed by atoms with E-state index in [0.29, 0.717) is 57.5 Å². The molecule has 0 bridgehead atoms. The highest BCUT2D eigenvalue weighted by Gasteiger charge is 2.10. The first-order valence-corrected chi connectivity index (χ1v) is 9.15. The molecular weight excluding hydrogens is 334 g/mol. The summed E-state index contributed by atoms with van der Waals surface area (Å²) in [6.45, 7) is 6.21. The van der Waals surface area contributed by atoms with Crippen LogP contribution >= 0.6 is 0 Å². The van der Waals surface area contributed by atoms with E-state index in [9.17, 15) is 14.4 Å². The maximum Gasteiger partial charge on any atom is 0.350 e. The number of aryl methyl sites for hydroxylation is 1. The Labute approximate surface area is 152 Å². The zero-order chi connectivity index (χ0) is 18.9. The summed E-state index contributed by atoms with van der Waals surface area (Å²) in [6.07, 6.45) is 3.58. The van der Waals surface area contributed by atoms with Gasteiger partial charge in [-0.2, -0.15) is 0 Å². The van der Waals surface area contributed by atoms with Crippen LogP contribution in [0, 0.1) is 0 Å². The Morgan fingerprint density at radius 1 is 1.15 bits per heavy atom. The molecule has 2 rings (SSSR count). The third-order valence-corrected chi connectivity index (χ3v) is 4.27. The number of rotatable bonds is 10. The summed E-state index contributed by atoms with van der Waals surface area (Å²) in [5, 5.41) is 7.07. The molecule has 0 fully saturated rings. The Hall–Kier alpha value is -2.64. The van der Waals surface area contributed by atoms with Crippen LogP contribution < -0.4 is 11.0 Å². The largest absolute Gasteiger partial charge is 0.356 e. The zero-order valence-corrected chi connectivity index (χ0v) is 15.5. The highest BCUT2D eigenvalue weighted by Crippen LogP contribution is 2.01. The Morgan fingerprint density at radius 3 is 2.62 bits per heavy atom. The first-order valence-electron chi connectivity index (χ1n) is 9.15. The highest BCUT2D eigenvalue weighted by molar-refractivity contribution is 5.78. The molecule has 142 valence electrons. The van der Waals surface area contributed by atoms with Crippen LogP contribution in [0.2, 0.25) is 0 Å². The fraction of sp³-hybridized carbons (Fsp3) is 0.556. The standard InChI is InChI=1S/C18H27N5O3/c1-3-21(4-2)17(25)11-7-10-16(24)19-12-8-14-23-18(26)22-13-6-5-9-15(22)20-23/h5-6,9,13H,3-4,7-8,10-12,14H2,1-2H3,(H,19,24). The SMILES string of the molecule is CCN(CC)C(=O)CCCC(=O)NCCCn1nc2ccccn2c1=O. The minimum absolute atomic E-state index is 0.0697. The molecule has 0 spiro atoms. The lowest BCUT2D eigenvalue weighted by Crippen LogP contribution is -2.31. The number of aromatic nitrogens is 3. The molecule has 2 heterocycles. The lowest BCUT2D eigenvalue weighted by atomic mass is 10.2. The molecule has 0 aliphatic heterocycles. The fourth-order valence-corrected chi connectivity index (χ4v) is 2.79. The minimum Gasteiger partial charge on any atom is -0.356 e. The van der Waals surface area contributed by atoms with Gasteiger partial charge in [-0.25, -0.2) is 9.48 Å². The van der Waals surface area contributed by atoms with E-state index in [2.05, 4.69) is 10.4 Å². The number of nitrogens with one attached hydrogen (secondary N) is 1. The van der Waals surface area contributed by atoms with Gasteiger partial charge in [0.15, 0.2) is 5.65 Å². The van der Waals surface area contributed by atoms with Crippen LogP contribution in [0.3, 0.4) is 0 Å². The molecule has 1 N–H and O–H groups in total. The number of hydrogen-bond acceptors (Lipinski definition) is 4. The third-order valence-electron chi connectivity index (χ3n) is 4.27. The number of hydrogen-bond donors (Lipinski definition) is 1. The van der Waals surface area contributed by atoms with E-state index < -0.39 is 0 Å². The molecule has 0 aliphatic carbocycles. The van der Waals surface area contributed by atoms with E-state index in [1.54, 1.807) is 23.2 Å². The van der Waals surface area contributed by atoms with E-state index in [1.165, 1.54) is 9.08 Å². The fourth-order valence-electron chi connectivity index (χ4n) is 2.79. The Morgan fingerprint density at radius 2 is 1.92 bits per heavy atom. The summed E-state index contributed by atoms with van der Waals surface area (Å²) in [5.74, 6) is 0.0220. The van der Waals surface area contributed by atoms with E-state index in [1.807, 2.05) is 19.9 Å². The second-order valence-corrected chi connectivity index (χ2v) is 6.06. The average molecular weight is 361 g/mol. The molecule has 0 radical (unpaired) electrons. The number of amides is 2. The molecule has 0 saturated carbocycles. The number of fused-ring (bicyclic) bond motifs is 1. The Kier molecular flexibility index (Phi) is 7.37. The first-order chi connectivity index (χ1) is 12.6. The maximum absolute atomic E-state index is 12.1. The molecule has 8 heteroatoms. The molecule has 8 nitrogen and oxygen atoms in total.